The third kappa shape index (κ3) is 5.71. The minimum Gasteiger partial charge on any atom is -0.369 e. The van der Waals surface area contributed by atoms with Gasteiger partial charge in [-0.2, -0.15) is 0 Å². The Morgan fingerprint density at radius 3 is 2.46 bits per heavy atom. The first-order chi connectivity index (χ1) is 5.79. The summed E-state index contributed by atoms with van der Waals surface area (Å²) in [7, 11) is 0. The number of hydrogen-bond donors (Lipinski definition) is 1. The van der Waals surface area contributed by atoms with Crippen LogP contribution in [0.15, 0.2) is 30.3 Å². The van der Waals surface area contributed by atoms with E-state index in [4.69, 9.17) is 5.73 Å². The van der Waals surface area contributed by atoms with Crippen molar-refractivity contribution in [3.8, 4) is 0 Å². The lowest BCUT2D eigenvalue weighted by molar-refractivity contribution is -0.115. The smallest absolute Gasteiger partial charge is 0.227 e. The zero-order valence-corrected chi connectivity index (χ0v) is 9.63. The lowest BCUT2D eigenvalue weighted by Crippen LogP contribution is -2.13. The minimum atomic E-state index is -0.254. The molecule has 1 aromatic carbocycles. The maximum Gasteiger partial charge on any atom is 0.227 e. The van der Waals surface area contributed by atoms with Gasteiger partial charge in [-0.05, 0) is 5.56 Å². The Morgan fingerprint density at radius 1 is 1.31 bits per heavy atom. The number of benzene rings is 1. The summed E-state index contributed by atoms with van der Waals surface area (Å²) in [5, 5.41) is 0. The highest BCUT2D eigenvalue weighted by Crippen LogP contribution is 2.10. The van der Waals surface area contributed by atoms with Crippen LogP contribution in [0.25, 0.3) is 0 Å². The molecule has 0 aliphatic rings. The molecule has 0 fully saturated rings. The predicted molar refractivity (Wildman–Crippen MR) is 62.1 cm³/mol. The van der Waals surface area contributed by atoms with Gasteiger partial charge in [0, 0.05) is 5.75 Å². The molecule has 0 spiro atoms. The van der Waals surface area contributed by atoms with E-state index in [1.807, 2.05) is 30.3 Å². The van der Waals surface area contributed by atoms with Gasteiger partial charge in [0.2, 0.25) is 5.91 Å². The molecule has 0 radical (unpaired) electrons. The summed E-state index contributed by atoms with van der Waals surface area (Å²) in [5.74, 6) is 0.995. The van der Waals surface area contributed by atoms with E-state index in [9.17, 15) is 4.79 Å². The van der Waals surface area contributed by atoms with Crippen LogP contribution in [0.2, 0.25) is 0 Å². The summed E-state index contributed by atoms with van der Waals surface area (Å²) in [5.41, 5.74) is 6.22. The predicted octanol–water partition coefficient (Wildman–Crippen LogP) is 1.98. The van der Waals surface area contributed by atoms with Gasteiger partial charge in [-0.25, -0.2) is 0 Å². The fraction of sp³-hybridized carbons (Fsp3) is 0.222. The molecule has 0 aliphatic heterocycles. The number of amides is 1. The van der Waals surface area contributed by atoms with Gasteiger partial charge in [0.1, 0.15) is 0 Å². The van der Waals surface area contributed by atoms with Gasteiger partial charge in [0.25, 0.3) is 0 Å². The number of hydrogen-bond acceptors (Lipinski definition) is 2. The Balaban J connectivity index is 0.00000144. The average molecular weight is 262 g/mol. The molecule has 2 nitrogen and oxygen atoms in total. The van der Waals surface area contributed by atoms with Crippen molar-refractivity contribution in [3.05, 3.63) is 35.9 Å². The van der Waals surface area contributed by atoms with E-state index in [1.54, 1.807) is 0 Å². The molecular weight excluding hydrogens is 250 g/mol. The summed E-state index contributed by atoms with van der Waals surface area (Å²) in [6, 6.07) is 10.0. The van der Waals surface area contributed by atoms with Crippen molar-refractivity contribution in [3.63, 3.8) is 0 Å². The van der Waals surface area contributed by atoms with E-state index in [0.717, 1.165) is 5.75 Å². The number of carbonyl (C=O) groups is 1. The summed E-state index contributed by atoms with van der Waals surface area (Å²) in [6.45, 7) is 0. The second-order valence-corrected chi connectivity index (χ2v) is 3.43. The molecule has 13 heavy (non-hydrogen) atoms. The largest absolute Gasteiger partial charge is 0.369 e. The molecule has 0 saturated heterocycles. The number of thioether (sulfide) groups is 1. The fourth-order valence-corrected chi connectivity index (χ4v) is 1.58. The van der Waals surface area contributed by atoms with Gasteiger partial charge in [0.15, 0.2) is 0 Å². The van der Waals surface area contributed by atoms with Crippen LogP contribution in [0, 0.1) is 0 Å². The first-order valence-electron chi connectivity index (χ1n) is 3.69. The van der Waals surface area contributed by atoms with E-state index in [0.29, 0.717) is 5.75 Å². The van der Waals surface area contributed by atoms with Crippen molar-refractivity contribution >= 4 is 34.7 Å². The first kappa shape index (κ1) is 12.5. The molecule has 0 unspecified atom stereocenters. The normalized spacial score (nSPS) is 8.92. The number of rotatable bonds is 4. The topological polar surface area (TPSA) is 43.1 Å². The molecule has 72 valence electrons. The van der Waals surface area contributed by atoms with Crippen LogP contribution >= 0.6 is 28.7 Å². The zero-order valence-electron chi connectivity index (χ0n) is 7.10. The Hall–Kier alpha value is -0.480. The molecule has 0 aromatic heterocycles. The van der Waals surface area contributed by atoms with Crippen molar-refractivity contribution in [1.29, 1.82) is 0 Å². The minimum absolute atomic E-state index is 0. The highest BCUT2D eigenvalue weighted by Gasteiger charge is 1.95. The van der Waals surface area contributed by atoms with Crippen LogP contribution in [0.1, 0.15) is 5.56 Å². The SMILES string of the molecule is Br.NC(=O)CSCc1ccccc1. The molecule has 0 atom stereocenters. The molecule has 1 amide bonds. The first-order valence-corrected chi connectivity index (χ1v) is 4.84. The number of primary amides is 1. The average Bonchev–Trinajstić information content (AvgIpc) is 2.05. The molecule has 0 heterocycles. The maximum atomic E-state index is 10.4. The Labute approximate surface area is 92.7 Å². The Morgan fingerprint density at radius 2 is 1.92 bits per heavy atom. The highest BCUT2D eigenvalue weighted by atomic mass is 79.9. The number of carbonyl (C=O) groups excluding carboxylic acids is 1. The van der Waals surface area contributed by atoms with Crippen LogP contribution in [-0.4, -0.2) is 11.7 Å². The van der Waals surface area contributed by atoms with E-state index >= 15 is 0 Å². The summed E-state index contributed by atoms with van der Waals surface area (Å²) in [4.78, 5) is 10.4. The second kappa shape index (κ2) is 6.97. The van der Waals surface area contributed by atoms with Crippen molar-refractivity contribution in [2.45, 2.75) is 5.75 Å². The summed E-state index contributed by atoms with van der Waals surface area (Å²) >= 11 is 1.54. The van der Waals surface area contributed by atoms with Gasteiger partial charge in [0.05, 0.1) is 5.75 Å². The monoisotopic (exact) mass is 261 g/mol. The molecule has 2 N–H and O–H groups in total. The van der Waals surface area contributed by atoms with E-state index in [-0.39, 0.29) is 22.9 Å². The van der Waals surface area contributed by atoms with Crippen molar-refractivity contribution < 1.29 is 4.79 Å². The van der Waals surface area contributed by atoms with Crippen LogP contribution in [0.4, 0.5) is 0 Å². The second-order valence-electron chi connectivity index (χ2n) is 2.44. The van der Waals surface area contributed by atoms with Crippen LogP contribution in [-0.2, 0) is 10.5 Å². The number of halogens is 1. The number of nitrogens with two attached hydrogens (primary N) is 1. The lowest BCUT2D eigenvalue weighted by atomic mass is 10.2. The Kier molecular flexibility index (Phi) is 6.72. The van der Waals surface area contributed by atoms with Crippen LogP contribution in [0.5, 0.6) is 0 Å². The van der Waals surface area contributed by atoms with Crippen LogP contribution < -0.4 is 5.73 Å². The van der Waals surface area contributed by atoms with Crippen molar-refractivity contribution in [2.75, 3.05) is 5.75 Å². The van der Waals surface area contributed by atoms with E-state index < -0.39 is 0 Å². The molecule has 0 bridgehead atoms. The van der Waals surface area contributed by atoms with Gasteiger partial charge >= 0.3 is 0 Å². The fourth-order valence-electron chi connectivity index (χ4n) is 0.844. The van der Waals surface area contributed by atoms with Gasteiger partial charge in [-0.1, -0.05) is 30.3 Å². The van der Waals surface area contributed by atoms with Crippen molar-refractivity contribution in [1.82, 2.24) is 0 Å². The standard InChI is InChI=1S/C9H11NOS.BrH/c10-9(11)7-12-6-8-4-2-1-3-5-8;/h1-5H,6-7H2,(H2,10,11);1H. The quantitative estimate of drug-likeness (QED) is 0.901. The molecule has 0 saturated carbocycles. The van der Waals surface area contributed by atoms with Gasteiger partial charge in [-0.3, -0.25) is 4.79 Å². The molecule has 1 aromatic rings. The molecule has 0 aliphatic carbocycles. The third-order valence-electron chi connectivity index (χ3n) is 1.36. The van der Waals surface area contributed by atoms with Gasteiger partial charge < -0.3 is 5.73 Å². The van der Waals surface area contributed by atoms with E-state index in [2.05, 4.69) is 0 Å². The van der Waals surface area contributed by atoms with Crippen molar-refractivity contribution in [2.24, 2.45) is 5.73 Å². The maximum absolute atomic E-state index is 10.4. The molecular formula is C9H12BrNOS. The molecule has 1 rings (SSSR count). The third-order valence-corrected chi connectivity index (χ3v) is 2.38. The summed E-state index contributed by atoms with van der Waals surface area (Å²) in [6.07, 6.45) is 0. The Bertz CT molecular complexity index is 253. The molecule has 4 heteroatoms. The summed E-state index contributed by atoms with van der Waals surface area (Å²) < 4.78 is 0. The highest BCUT2D eigenvalue weighted by molar-refractivity contribution is 8.93. The lowest BCUT2D eigenvalue weighted by Gasteiger charge is -1.98. The van der Waals surface area contributed by atoms with E-state index in [1.165, 1.54) is 17.3 Å². The van der Waals surface area contributed by atoms with Crippen LogP contribution in [0.3, 0.4) is 0 Å². The van der Waals surface area contributed by atoms with Gasteiger partial charge in [-0.15, -0.1) is 28.7 Å². The zero-order chi connectivity index (χ0) is 8.81.